The van der Waals surface area contributed by atoms with Crippen molar-refractivity contribution in [1.29, 1.82) is 0 Å². The summed E-state index contributed by atoms with van der Waals surface area (Å²) >= 11 is 0. The summed E-state index contributed by atoms with van der Waals surface area (Å²) in [7, 11) is 0. The number of nitrogens with one attached hydrogen (secondary N) is 1. The van der Waals surface area contributed by atoms with Gasteiger partial charge in [-0.15, -0.1) is 0 Å². The normalized spacial score (nSPS) is 11.1. The number of rotatable bonds is 6. The predicted molar refractivity (Wildman–Crippen MR) is 69.8 cm³/mol. The Kier molecular flexibility index (Phi) is 5.30. The van der Waals surface area contributed by atoms with E-state index in [4.69, 9.17) is 0 Å². The minimum Gasteiger partial charge on any atom is -0.345 e. The van der Waals surface area contributed by atoms with Crippen LogP contribution in [0, 0.1) is 5.92 Å². The zero-order chi connectivity index (χ0) is 13.5. The van der Waals surface area contributed by atoms with E-state index in [0.717, 1.165) is 12.2 Å². The maximum Gasteiger partial charge on any atom is 0.244 e. The minimum atomic E-state index is -0.271. The molecular formula is C13H19N3O2. The van der Waals surface area contributed by atoms with E-state index in [2.05, 4.69) is 10.4 Å². The first-order chi connectivity index (χ1) is 8.54. The van der Waals surface area contributed by atoms with E-state index >= 15 is 0 Å². The molecule has 0 saturated heterocycles. The molecule has 0 fully saturated rings. The Labute approximate surface area is 107 Å². The third-order valence-corrected chi connectivity index (χ3v) is 2.54. The number of carbonyl (C=O) groups excluding carboxylic acids is 2. The van der Waals surface area contributed by atoms with Crippen molar-refractivity contribution in [3.63, 3.8) is 0 Å². The molecule has 0 aliphatic carbocycles. The molecule has 0 bridgehead atoms. The summed E-state index contributed by atoms with van der Waals surface area (Å²) in [6, 6.07) is 1.83. The Balaban J connectivity index is 2.48. The molecule has 18 heavy (non-hydrogen) atoms. The average Bonchev–Trinajstić information content (AvgIpc) is 2.80. The van der Waals surface area contributed by atoms with Gasteiger partial charge in [-0.2, -0.15) is 5.10 Å². The van der Waals surface area contributed by atoms with Gasteiger partial charge in [-0.05, 0) is 19.1 Å². The standard InChI is InChI=1S/C13H19N3O2/c1-4-16-11(7-8-15-16)5-6-13(18)14-9-12(17)10(2)3/h5-8,10H,4,9H2,1-3H3,(H,14,18). The fourth-order valence-corrected chi connectivity index (χ4v) is 1.35. The molecule has 0 atom stereocenters. The summed E-state index contributed by atoms with van der Waals surface area (Å²) in [5.41, 5.74) is 0.864. The Hall–Kier alpha value is -1.91. The Morgan fingerprint density at radius 1 is 1.50 bits per heavy atom. The van der Waals surface area contributed by atoms with Gasteiger partial charge in [-0.1, -0.05) is 13.8 Å². The molecule has 0 spiro atoms. The highest BCUT2D eigenvalue weighted by molar-refractivity contribution is 5.94. The van der Waals surface area contributed by atoms with Crippen LogP contribution in [0.2, 0.25) is 0 Å². The van der Waals surface area contributed by atoms with Gasteiger partial charge in [-0.25, -0.2) is 0 Å². The summed E-state index contributed by atoms with van der Waals surface area (Å²) in [5.74, 6) is -0.306. The Bertz CT molecular complexity index is 447. The summed E-state index contributed by atoms with van der Waals surface area (Å²) in [6.45, 7) is 6.42. The van der Waals surface area contributed by atoms with Crippen LogP contribution in [0.5, 0.6) is 0 Å². The fourth-order valence-electron chi connectivity index (χ4n) is 1.35. The molecule has 0 aliphatic heterocycles. The largest absolute Gasteiger partial charge is 0.345 e. The van der Waals surface area contributed by atoms with Crippen molar-refractivity contribution in [2.75, 3.05) is 6.54 Å². The second-order valence-electron chi connectivity index (χ2n) is 4.24. The molecule has 0 aromatic carbocycles. The SMILES string of the molecule is CCn1nccc1C=CC(=O)NCC(=O)C(C)C. The Morgan fingerprint density at radius 2 is 2.22 bits per heavy atom. The van der Waals surface area contributed by atoms with Crippen LogP contribution >= 0.6 is 0 Å². The van der Waals surface area contributed by atoms with Crippen molar-refractivity contribution in [2.24, 2.45) is 5.92 Å². The van der Waals surface area contributed by atoms with E-state index in [1.807, 2.05) is 26.8 Å². The topological polar surface area (TPSA) is 64.0 Å². The molecular weight excluding hydrogens is 230 g/mol. The van der Waals surface area contributed by atoms with Gasteiger partial charge < -0.3 is 5.32 Å². The average molecular weight is 249 g/mol. The van der Waals surface area contributed by atoms with Crippen LogP contribution in [-0.4, -0.2) is 28.0 Å². The molecule has 0 aliphatic rings. The number of Topliss-reactive ketones (excluding diaryl/α,β-unsaturated/α-hetero) is 1. The summed E-state index contributed by atoms with van der Waals surface area (Å²) in [5, 5.41) is 6.65. The van der Waals surface area contributed by atoms with Gasteiger partial charge >= 0.3 is 0 Å². The molecule has 0 unspecified atom stereocenters. The summed E-state index contributed by atoms with van der Waals surface area (Å²) in [6.07, 6.45) is 4.78. The summed E-state index contributed by atoms with van der Waals surface area (Å²) < 4.78 is 1.78. The van der Waals surface area contributed by atoms with Gasteiger partial charge in [0.2, 0.25) is 5.91 Å². The fraction of sp³-hybridized carbons (Fsp3) is 0.462. The van der Waals surface area contributed by atoms with E-state index < -0.39 is 0 Å². The first-order valence-corrected chi connectivity index (χ1v) is 6.05. The van der Waals surface area contributed by atoms with Crippen LogP contribution in [-0.2, 0) is 16.1 Å². The number of ketones is 1. The summed E-state index contributed by atoms with van der Waals surface area (Å²) in [4.78, 5) is 22.8. The third kappa shape index (κ3) is 4.16. The molecule has 1 aromatic heterocycles. The van der Waals surface area contributed by atoms with Gasteiger partial charge in [-0.3, -0.25) is 14.3 Å². The molecule has 98 valence electrons. The van der Waals surface area contributed by atoms with E-state index in [9.17, 15) is 9.59 Å². The van der Waals surface area contributed by atoms with Crippen LogP contribution in [0.4, 0.5) is 0 Å². The second kappa shape index (κ2) is 6.74. The van der Waals surface area contributed by atoms with Gasteiger partial charge in [0.15, 0.2) is 5.78 Å². The first-order valence-electron chi connectivity index (χ1n) is 6.05. The lowest BCUT2D eigenvalue weighted by Gasteiger charge is -2.04. The zero-order valence-electron chi connectivity index (χ0n) is 11.0. The number of carbonyl (C=O) groups is 2. The van der Waals surface area contributed by atoms with Crippen molar-refractivity contribution < 1.29 is 9.59 Å². The molecule has 1 N–H and O–H groups in total. The molecule has 1 heterocycles. The number of amides is 1. The van der Waals surface area contributed by atoms with Gasteiger partial charge in [0.1, 0.15) is 0 Å². The van der Waals surface area contributed by atoms with E-state index in [-0.39, 0.29) is 24.2 Å². The molecule has 1 amide bonds. The molecule has 5 heteroatoms. The smallest absolute Gasteiger partial charge is 0.244 e. The number of hydrogen-bond acceptors (Lipinski definition) is 3. The van der Waals surface area contributed by atoms with Gasteiger partial charge in [0, 0.05) is 24.7 Å². The van der Waals surface area contributed by atoms with Crippen molar-refractivity contribution >= 4 is 17.8 Å². The maximum absolute atomic E-state index is 11.5. The molecule has 0 radical (unpaired) electrons. The maximum atomic E-state index is 11.5. The molecule has 5 nitrogen and oxygen atoms in total. The highest BCUT2D eigenvalue weighted by Crippen LogP contribution is 2.01. The lowest BCUT2D eigenvalue weighted by atomic mass is 10.1. The van der Waals surface area contributed by atoms with Crippen LogP contribution in [0.1, 0.15) is 26.5 Å². The highest BCUT2D eigenvalue weighted by Gasteiger charge is 2.07. The molecule has 1 rings (SSSR count). The lowest BCUT2D eigenvalue weighted by molar-refractivity contribution is -0.124. The number of nitrogens with zero attached hydrogens (tertiary/aromatic N) is 2. The van der Waals surface area contributed by atoms with Crippen molar-refractivity contribution in [3.05, 3.63) is 24.0 Å². The first kappa shape index (κ1) is 14.2. The van der Waals surface area contributed by atoms with Crippen molar-refractivity contribution in [1.82, 2.24) is 15.1 Å². The van der Waals surface area contributed by atoms with Crippen molar-refractivity contribution in [2.45, 2.75) is 27.3 Å². The van der Waals surface area contributed by atoms with E-state index in [1.165, 1.54) is 6.08 Å². The van der Waals surface area contributed by atoms with Gasteiger partial charge in [0.25, 0.3) is 0 Å². The monoisotopic (exact) mass is 249 g/mol. The lowest BCUT2D eigenvalue weighted by Crippen LogP contribution is -2.30. The van der Waals surface area contributed by atoms with Crippen LogP contribution in [0.25, 0.3) is 6.08 Å². The van der Waals surface area contributed by atoms with E-state index in [1.54, 1.807) is 17.0 Å². The number of aromatic nitrogens is 2. The van der Waals surface area contributed by atoms with Gasteiger partial charge in [0.05, 0.1) is 12.2 Å². The highest BCUT2D eigenvalue weighted by atomic mass is 16.2. The van der Waals surface area contributed by atoms with Crippen molar-refractivity contribution in [3.8, 4) is 0 Å². The van der Waals surface area contributed by atoms with Crippen LogP contribution < -0.4 is 5.32 Å². The number of aryl methyl sites for hydroxylation is 1. The number of hydrogen-bond donors (Lipinski definition) is 1. The molecule has 0 saturated carbocycles. The van der Waals surface area contributed by atoms with Crippen LogP contribution in [0.15, 0.2) is 18.3 Å². The Morgan fingerprint density at radius 3 is 2.83 bits per heavy atom. The minimum absolute atomic E-state index is 0.0235. The second-order valence-corrected chi connectivity index (χ2v) is 4.24. The zero-order valence-corrected chi connectivity index (χ0v) is 11.0. The van der Waals surface area contributed by atoms with E-state index in [0.29, 0.717) is 0 Å². The molecule has 1 aromatic rings. The quantitative estimate of drug-likeness (QED) is 0.772. The predicted octanol–water partition coefficient (Wildman–Crippen LogP) is 1.26. The van der Waals surface area contributed by atoms with Crippen LogP contribution in [0.3, 0.4) is 0 Å². The third-order valence-electron chi connectivity index (χ3n) is 2.54.